The summed E-state index contributed by atoms with van der Waals surface area (Å²) in [7, 11) is 0. The van der Waals surface area contributed by atoms with Gasteiger partial charge >= 0.3 is 0 Å². The fraction of sp³-hybridized carbons (Fsp3) is 0.474. The van der Waals surface area contributed by atoms with Crippen molar-refractivity contribution < 1.29 is 9.18 Å². The van der Waals surface area contributed by atoms with Crippen LogP contribution in [-0.4, -0.2) is 58.2 Å². The molecule has 0 bridgehead atoms. The molecular formula is C19H25FN4O. The summed E-state index contributed by atoms with van der Waals surface area (Å²) in [6, 6.07) is 6.21. The molecule has 1 aliphatic rings. The SMILES string of the molecule is CCCc1c(C(=O)N2CCN(CC)CC2)cnn1-c1ccc(F)cc1. The van der Waals surface area contributed by atoms with E-state index in [1.54, 1.807) is 23.0 Å². The van der Waals surface area contributed by atoms with Crippen molar-refractivity contribution in [2.45, 2.75) is 26.7 Å². The summed E-state index contributed by atoms with van der Waals surface area (Å²) < 4.78 is 15.0. The molecule has 0 saturated carbocycles. The molecule has 1 aromatic heterocycles. The smallest absolute Gasteiger partial charge is 0.257 e. The van der Waals surface area contributed by atoms with Gasteiger partial charge < -0.3 is 9.80 Å². The third-order valence-electron chi connectivity index (χ3n) is 4.76. The first kappa shape index (κ1) is 17.6. The molecule has 0 radical (unpaired) electrons. The van der Waals surface area contributed by atoms with Gasteiger partial charge in [-0.25, -0.2) is 9.07 Å². The Morgan fingerprint density at radius 3 is 2.40 bits per heavy atom. The van der Waals surface area contributed by atoms with Crippen LogP contribution in [0.3, 0.4) is 0 Å². The third kappa shape index (κ3) is 3.74. The minimum Gasteiger partial charge on any atom is -0.336 e. The van der Waals surface area contributed by atoms with Crippen molar-refractivity contribution in [3.8, 4) is 5.69 Å². The number of benzene rings is 1. The van der Waals surface area contributed by atoms with Crippen molar-refractivity contribution in [2.75, 3.05) is 32.7 Å². The average molecular weight is 344 g/mol. The normalized spacial score (nSPS) is 15.6. The molecule has 0 atom stereocenters. The minimum absolute atomic E-state index is 0.0487. The Balaban J connectivity index is 1.86. The van der Waals surface area contributed by atoms with Gasteiger partial charge in [0.2, 0.25) is 0 Å². The number of carbonyl (C=O) groups excluding carboxylic acids is 1. The Morgan fingerprint density at radius 1 is 1.12 bits per heavy atom. The number of carbonyl (C=O) groups is 1. The van der Waals surface area contributed by atoms with Crippen LogP contribution in [0.4, 0.5) is 4.39 Å². The van der Waals surface area contributed by atoms with Crippen LogP contribution < -0.4 is 0 Å². The van der Waals surface area contributed by atoms with Crippen LogP contribution in [0.25, 0.3) is 5.69 Å². The van der Waals surface area contributed by atoms with E-state index in [2.05, 4.69) is 23.8 Å². The first-order valence-corrected chi connectivity index (χ1v) is 8.98. The second-order valence-corrected chi connectivity index (χ2v) is 6.37. The predicted octanol–water partition coefficient (Wildman–Crippen LogP) is 2.74. The molecule has 0 spiro atoms. The number of rotatable bonds is 5. The molecular weight excluding hydrogens is 319 g/mol. The van der Waals surface area contributed by atoms with E-state index in [-0.39, 0.29) is 11.7 Å². The molecule has 0 aliphatic carbocycles. The van der Waals surface area contributed by atoms with Gasteiger partial charge in [-0.05, 0) is 37.2 Å². The molecule has 25 heavy (non-hydrogen) atoms. The Bertz CT molecular complexity index is 718. The molecule has 134 valence electrons. The highest BCUT2D eigenvalue weighted by molar-refractivity contribution is 5.95. The van der Waals surface area contributed by atoms with Crippen molar-refractivity contribution in [1.29, 1.82) is 0 Å². The van der Waals surface area contributed by atoms with E-state index in [0.29, 0.717) is 5.56 Å². The van der Waals surface area contributed by atoms with Crippen molar-refractivity contribution in [3.63, 3.8) is 0 Å². The van der Waals surface area contributed by atoms with E-state index in [1.807, 2.05) is 4.90 Å². The Labute approximate surface area is 148 Å². The molecule has 1 fully saturated rings. The summed E-state index contributed by atoms with van der Waals surface area (Å²) >= 11 is 0. The molecule has 1 aromatic carbocycles. The molecule has 6 heteroatoms. The second kappa shape index (κ2) is 7.78. The van der Waals surface area contributed by atoms with Gasteiger partial charge in [0, 0.05) is 26.2 Å². The number of nitrogens with zero attached hydrogens (tertiary/aromatic N) is 4. The Morgan fingerprint density at radius 2 is 1.80 bits per heavy atom. The summed E-state index contributed by atoms with van der Waals surface area (Å²) in [6.07, 6.45) is 3.33. The maximum atomic E-state index is 13.2. The van der Waals surface area contributed by atoms with Crippen LogP contribution in [0.15, 0.2) is 30.5 Å². The van der Waals surface area contributed by atoms with Gasteiger partial charge in [0.25, 0.3) is 5.91 Å². The lowest BCUT2D eigenvalue weighted by Crippen LogP contribution is -2.48. The number of piperazine rings is 1. The van der Waals surface area contributed by atoms with Gasteiger partial charge in [-0.2, -0.15) is 5.10 Å². The first-order chi connectivity index (χ1) is 12.1. The van der Waals surface area contributed by atoms with Crippen molar-refractivity contribution in [1.82, 2.24) is 19.6 Å². The third-order valence-corrected chi connectivity index (χ3v) is 4.76. The monoisotopic (exact) mass is 344 g/mol. The van der Waals surface area contributed by atoms with Crippen LogP contribution >= 0.6 is 0 Å². The summed E-state index contributed by atoms with van der Waals surface area (Å²) in [5.74, 6) is -0.231. The van der Waals surface area contributed by atoms with Crippen molar-refractivity contribution in [2.24, 2.45) is 0 Å². The zero-order valence-electron chi connectivity index (χ0n) is 14.9. The minimum atomic E-state index is -0.280. The van der Waals surface area contributed by atoms with E-state index in [9.17, 15) is 9.18 Å². The second-order valence-electron chi connectivity index (χ2n) is 6.37. The Hall–Kier alpha value is -2.21. The number of likely N-dealkylation sites (N-methyl/N-ethyl adjacent to an activating group) is 1. The zero-order valence-corrected chi connectivity index (χ0v) is 14.9. The Kier molecular flexibility index (Phi) is 5.48. The number of amides is 1. The quantitative estimate of drug-likeness (QED) is 0.837. The van der Waals surface area contributed by atoms with Gasteiger partial charge in [0.05, 0.1) is 23.1 Å². The fourth-order valence-electron chi connectivity index (χ4n) is 3.27. The molecule has 0 unspecified atom stereocenters. The summed E-state index contributed by atoms with van der Waals surface area (Å²) in [5, 5.41) is 4.42. The van der Waals surface area contributed by atoms with Gasteiger partial charge in [-0.15, -0.1) is 0 Å². The van der Waals surface area contributed by atoms with Crippen LogP contribution in [0.2, 0.25) is 0 Å². The van der Waals surface area contributed by atoms with Crippen LogP contribution in [0, 0.1) is 5.82 Å². The standard InChI is InChI=1S/C19H25FN4O/c1-3-5-18-17(19(25)23-12-10-22(4-2)11-13-23)14-21-24(18)16-8-6-15(20)7-9-16/h6-9,14H,3-5,10-13H2,1-2H3. The lowest BCUT2D eigenvalue weighted by molar-refractivity contribution is 0.0642. The maximum Gasteiger partial charge on any atom is 0.257 e. The molecule has 2 heterocycles. The lowest BCUT2D eigenvalue weighted by Gasteiger charge is -2.34. The fourth-order valence-corrected chi connectivity index (χ4v) is 3.27. The van der Waals surface area contributed by atoms with Crippen LogP contribution in [0.1, 0.15) is 36.3 Å². The number of hydrogen-bond donors (Lipinski definition) is 0. The summed E-state index contributed by atoms with van der Waals surface area (Å²) in [4.78, 5) is 17.2. The molecule has 0 N–H and O–H groups in total. The molecule has 1 saturated heterocycles. The lowest BCUT2D eigenvalue weighted by atomic mass is 10.1. The topological polar surface area (TPSA) is 41.4 Å². The zero-order chi connectivity index (χ0) is 17.8. The average Bonchev–Trinajstić information content (AvgIpc) is 3.06. The van der Waals surface area contributed by atoms with E-state index in [1.165, 1.54) is 12.1 Å². The predicted molar refractivity (Wildman–Crippen MR) is 95.5 cm³/mol. The van der Waals surface area contributed by atoms with Crippen LogP contribution in [-0.2, 0) is 6.42 Å². The molecule has 5 nitrogen and oxygen atoms in total. The number of aromatic nitrogens is 2. The number of hydrogen-bond acceptors (Lipinski definition) is 3. The maximum absolute atomic E-state index is 13.2. The van der Waals surface area contributed by atoms with Gasteiger partial charge in [-0.1, -0.05) is 20.3 Å². The van der Waals surface area contributed by atoms with Gasteiger partial charge in [0.1, 0.15) is 5.82 Å². The van der Waals surface area contributed by atoms with E-state index in [4.69, 9.17) is 0 Å². The number of halogens is 1. The van der Waals surface area contributed by atoms with E-state index in [0.717, 1.165) is 56.9 Å². The first-order valence-electron chi connectivity index (χ1n) is 8.98. The van der Waals surface area contributed by atoms with E-state index >= 15 is 0 Å². The van der Waals surface area contributed by atoms with Gasteiger partial charge in [0.15, 0.2) is 0 Å². The molecule has 3 rings (SSSR count). The van der Waals surface area contributed by atoms with Crippen LogP contribution in [0.5, 0.6) is 0 Å². The van der Waals surface area contributed by atoms with Crippen molar-refractivity contribution in [3.05, 3.63) is 47.5 Å². The highest BCUT2D eigenvalue weighted by Crippen LogP contribution is 2.19. The molecule has 2 aromatic rings. The largest absolute Gasteiger partial charge is 0.336 e. The van der Waals surface area contributed by atoms with E-state index < -0.39 is 0 Å². The molecule has 1 aliphatic heterocycles. The van der Waals surface area contributed by atoms with Crippen molar-refractivity contribution >= 4 is 5.91 Å². The highest BCUT2D eigenvalue weighted by atomic mass is 19.1. The molecule has 1 amide bonds. The highest BCUT2D eigenvalue weighted by Gasteiger charge is 2.25. The summed E-state index contributed by atoms with van der Waals surface area (Å²) in [5.41, 5.74) is 2.34. The van der Waals surface area contributed by atoms with Gasteiger partial charge in [-0.3, -0.25) is 4.79 Å². The summed E-state index contributed by atoms with van der Waals surface area (Å²) in [6.45, 7) is 8.57.